The van der Waals surface area contributed by atoms with E-state index in [1.807, 2.05) is 13.8 Å². The van der Waals surface area contributed by atoms with Gasteiger partial charge in [-0.05, 0) is 5.92 Å². The van der Waals surface area contributed by atoms with Gasteiger partial charge in [0.2, 0.25) is 11.8 Å². The lowest BCUT2D eigenvalue weighted by Gasteiger charge is -2.12. The monoisotopic (exact) mass is 250 g/mol. The van der Waals surface area contributed by atoms with E-state index in [-0.39, 0.29) is 29.1 Å². The molecule has 4 nitrogen and oxygen atoms in total. The van der Waals surface area contributed by atoms with Gasteiger partial charge < -0.3 is 10.6 Å². The Kier molecular flexibility index (Phi) is 5.70. The third-order valence-electron chi connectivity index (χ3n) is 1.54. The SMILES string of the molecule is CNC(=O)CNC(=O)C(Br)C(C)C. The quantitative estimate of drug-likeness (QED) is 0.704. The first kappa shape index (κ1) is 12.4. The second-order valence-electron chi connectivity index (χ2n) is 3.04. The molecule has 0 aliphatic carbocycles. The van der Waals surface area contributed by atoms with Crippen molar-refractivity contribution in [2.75, 3.05) is 13.6 Å². The van der Waals surface area contributed by atoms with E-state index in [9.17, 15) is 9.59 Å². The lowest BCUT2D eigenvalue weighted by molar-refractivity contribution is -0.125. The molecule has 1 unspecified atom stereocenters. The van der Waals surface area contributed by atoms with Crippen LogP contribution >= 0.6 is 15.9 Å². The van der Waals surface area contributed by atoms with Gasteiger partial charge in [-0.1, -0.05) is 29.8 Å². The molecule has 0 aromatic carbocycles. The third kappa shape index (κ3) is 4.87. The summed E-state index contributed by atoms with van der Waals surface area (Å²) < 4.78 is 0. The van der Waals surface area contributed by atoms with Gasteiger partial charge in [0.1, 0.15) is 0 Å². The minimum Gasteiger partial charge on any atom is -0.358 e. The number of likely N-dealkylation sites (N-methyl/N-ethyl adjacent to an activating group) is 1. The van der Waals surface area contributed by atoms with Crippen LogP contribution in [0.1, 0.15) is 13.8 Å². The lowest BCUT2D eigenvalue weighted by Crippen LogP contribution is -2.40. The molecule has 0 aromatic rings. The highest BCUT2D eigenvalue weighted by Crippen LogP contribution is 2.11. The van der Waals surface area contributed by atoms with Gasteiger partial charge >= 0.3 is 0 Å². The Morgan fingerprint density at radius 2 is 1.92 bits per heavy atom. The summed E-state index contributed by atoms with van der Waals surface area (Å²) in [5, 5.41) is 4.94. The van der Waals surface area contributed by atoms with Gasteiger partial charge in [0.05, 0.1) is 11.4 Å². The lowest BCUT2D eigenvalue weighted by atomic mass is 10.1. The molecule has 0 aliphatic heterocycles. The number of halogens is 1. The minimum atomic E-state index is -0.239. The van der Waals surface area contributed by atoms with Crippen molar-refractivity contribution in [3.05, 3.63) is 0 Å². The molecule has 76 valence electrons. The van der Waals surface area contributed by atoms with Crippen LogP contribution in [-0.4, -0.2) is 30.2 Å². The molecular formula is C8H15BrN2O2. The fourth-order valence-corrected chi connectivity index (χ4v) is 0.818. The van der Waals surface area contributed by atoms with Crippen LogP contribution in [0.2, 0.25) is 0 Å². The Hall–Kier alpha value is -0.580. The number of hydrogen-bond donors (Lipinski definition) is 2. The standard InChI is InChI=1S/C8H15BrN2O2/c1-5(2)7(9)8(13)11-4-6(12)10-3/h5,7H,4H2,1-3H3,(H,10,12)(H,11,13). The van der Waals surface area contributed by atoms with Crippen LogP contribution in [0.4, 0.5) is 0 Å². The summed E-state index contributed by atoms with van der Waals surface area (Å²) in [4.78, 5) is 21.8. The van der Waals surface area contributed by atoms with Crippen molar-refractivity contribution in [3.63, 3.8) is 0 Å². The normalized spacial score (nSPS) is 12.4. The first-order valence-electron chi connectivity index (χ1n) is 4.11. The molecule has 0 aromatic heterocycles. The van der Waals surface area contributed by atoms with Crippen molar-refractivity contribution < 1.29 is 9.59 Å². The zero-order valence-corrected chi connectivity index (χ0v) is 9.64. The molecule has 0 aliphatic rings. The van der Waals surface area contributed by atoms with Crippen LogP contribution in [0.15, 0.2) is 0 Å². The van der Waals surface area contributed by atoms with Gasteiger partial charge in [-0.15, -0.1) is 0 Å². The van der Waals surface area contributed by atoms with Crippen LogP contribution in [-0.2, 0) is 9.59 Å². The fourth-order valence-electron chi connectivity index (χ4n) is 0.656. The highest BCUT2D eigenvalue weighted by molar-refractivity contribution is 9.10. The summed E-state index contributed by atoms with van der Waals surface area (Å²) in [5.74, 6) is -0.139. The van der Waals surface area contributed by atoms with Crippen LogP contribution in [0.3, 0.4) is 0 Å². The highest BCUT2D eigenvalue weighted by Gasteiger charge is 2.18. The van der Waals surface area contributed by atoms with E-state index in [1.165, 1.54) is 7.05 Å². The van der Waals surface area contributed by atoms with E-state index < -0.39 is 0 Å². The summed E-state index contributed by atoms with van der Waals surface area (Å²) in [6, 6.07) is 0. The Morgan fingerprint density at radius 1 is 1.38 bits per heavy atom. The second-order valence-corrected chi connectivity index (χ2v) is 4.02. The molecule has 0 radical (unpaired) electrons. The summed E-state index contributed by atoms with van der Waals surface area (Å²) >= 11 is 3.24. The van der Waals surface area contributed by atoms with Gasteiger partial charge in [-0.2, -0.15) is 0 Å². The Labute approximate surface area is 86.6 Å². The van der Waals surface area contributed by atoms with E-state index in [2.05, 4.69) is 26.6 Å². The molecule has 1 atom stereocenters. The maximum atomic E-state index is 11.3. The van der Waals surface area contributed by atoms with Gasteiger partial charge in [0.15, 0.2) is 0 Å². The zero-order chi connectivity index (χ0) is 10.4. The Balaban J connectivity index is 3.81. The number of carbonyl (C=O) groups excluding carboxylic acids is 2. The summed E-state index contributed by atoms with van der Waals surface area (Å²) in [7, 11) is 1.53. The summed E-state index contributed by atoms with van der Waals surface area (Å²) in [6.07, 6.45) is 0. The van der Waals surface area contributed by atoms with Crippen LogP contribution in [0, 0.1) is 5.92 Å². The Bertz CT molecular complexity index is 195. The third-order valence-corrected chi connectivity index (χ3v) is 3.01. The molecule has 0 bridgehead atoms. The number of amides is 2. The molecule has 2 N–H and O–H groups in total. The maximum Gasteiger partial charge on any atom is 0.239 e. The minimum absolute atomic E-state index is 0.0319. The molecule has 0 rings (SSSR count). The molecular weight excluding hydrogens is 236 g/mol. The highest BCUT2D eigenvalue weighted by atomic mass is 79.9. The average molecular weight is 251 g/mol. The molecule has 0 saturated heterocycles. The van der Waals surface area contributed by atoms with Crippen molar-refractivity contribution in [2.24, 2.45) is 5.92 Å². The van der Waals surface area contributed by atoms with E-state index in [1.54, 1.807) is 0 Å². The predicted octanol–water partition coefficient (Wildman–Crippen LogP) is 0.268. The molecule has 5 heteroatoms. The van der Waals surface area contributed by atoms with Crippen molar-refractivity contribution in [3.8, 4) is 0 Å². The molecule has 0 heterocycles. The first-order chi connectivity index (χ1) is 5.99. The van der Waals surface area contributed by atoms with Crippen molar-refractivity contribution in [1.29, 1.82) is 0 Å². The van der Waals surface area contributed by atoms with E-state index in [4.69, 9.17) is 0 Å². The number of alkyl halides is 1. The van der Waals surface area contributed by atoms with E-state index in [0.29, 0.717) is 0 Å². The molecule has 0 fully saturated rings. The van der Waals surface area contributed by atoms with Gasteiger partial charge in [-0.3, -0.25) is 9.59 Å². The van der Waals surface area contributed by atoms with Gasteiger partial charge in [0, 0.05) is 7.05 Å². The van der Waals surface area contributed by atoms with Crippen LogP contribution in [0.25, 0.3) is 0 Å². The van der Waals surface area contributed by atoms with E-state index in [0.717, 1.165) is 0 Å². The van der Waals surface area contributed by atoms with Gasteiger partial charge in [-0.25, -0.2) is 0 Å². The number of carbonyl (C=O) groups is 2. The number of hydrogen-bond acceptors (Lipinski definition) is 2. The van der Waals surface area contributed by atoms with Crippen molar-refractivity contribution >= 4 is 27.7 Å². The zero-order valence-electron chi connectivity index (χ0n) is 8.06. The summed E-state index contributed by atoms with van der Waals surface area (Å²) in [6.45, 7) is 3.89. The summed E-state index contributed by atoms with van der Waals surface area (Å²) in [5.41, 5.74) is 0. The van der Waals surface area contributed by atoms with Crippen LogP contribution in [0.5, 0.6) is 0 Å². The second kappa shape index (κ2) is 5.96. The molecule has 0 spiro atoms. The molecule has 2 amide bonds. The largest absolute Gasteiger partial charge is 0.358 e. The van der Waals surface area contributed by atoms with Crippen molar-refractivity contribution in [1.82, 2.24) is 10.6 Å². The number of rotatable bonds is 4. The number of nitrogens with one attached hydrogen (secondary N) is 2. The Morgan fingerprint density at radius 3 is 2.31 bits per heavy atom. The smallest absolute Gasteiger partial charge is 0.239 e. The van der Waals surface area contributed by atoms with E-state index >= 15 is 0 Å². The average Bonchev–Trinajstić information content (AvgIpc) is 2.11. The molecule has 13 heavy (non-hydrogen) atoms. The first-order valence-corrected chi connectivity index (χ1v) is 5.03. The van der Waals surface area contributed by atoms with Crippen molar-refractivity contribution in [2.45, 2.75) is 18.7 Å². The molecule has 0 saturated carbocycles. The maximum absolute atomic E-state index is 11.3. The van der Waals surface area contributed by atoms with Crippen LogP contribution < -0.4 is 10.6 Å². The topological polar surface area (TPSA) is 58.2 Å². The fraction of sp³-hybridized carbons (Fsp3) is 0.750. The predicted molar refractivity (Wildman–Crippen MR) is 54.6 cm³/mol. The van der Waals surface area contributed by atoms with Gasteiger partial charge in [0.25, 0.3) is 0 Å².